The Morgan fingerprint density at radius 3 is 2.78 bits per heavy atom. The third kappa shape index (κ3) is 4.55. The van der Waals surface area contributed by atoms with Crippen molar-refractivity contribution in [2.45, 2.75) is 64.1 Å². The van der Waals surface area contributed by atoms with Crippen LogP contribution in [0.25, 0.3) is 0 Å². The summed E-state index contributed by atoms with van der Waals surface area (Å²) in [6.07, 6.45) is 7.69. The molecule has 9 heteroatoms. The number of aromatic nitrogens is 3. The van der Waals surface area contributed by atoms with Gasteiger partial charge >= 0.3 is 0 Å². The van der Waals surface area contributed by atoms with E-state index >= 15 is 0 Å². The molecular weight excluding hydrogens is 457 g/mol. The van der Waals surface area contributed by atoms with Gasteiger partial charge in [-0.1, -0.05) is 12.8 Å². The first-order valence-electron chi connectivity index (χ1n) is 9.91. The lowest BCUT2D eigenvalue weighted by Crippen LogP contribution is -2.45. The molecule has 1 aromatic heterocycles. The van der Waals surface area contributed by atoms with Gasteiger partial charge in [-0.3, -0.25) is 9.79 Å². The number of aryl methyl sites for hydroxylation is 1. The molecule has 2 aliphatic heterocycles. The molecule has 3 heterocycles. The van der Waals surface area contributed by atoms with E-state index in [0.717, 1.165) is 69.3 Å². The van der Waals surface area contributed by atoms with Gasteiger partial charge in [0.1, 0.15) is 5.82 Å². The monoisotopic (exact) mass is 487 g/mol. The van der Waals surface area contributed by atoms with Crippen molar-refractivity contribution >= 4 is 35.8 Å². The molecule has 27 heavy (non-hydrogen) atoms. The van der Waals surface area contributed by atoms with Crippen molar-refractivity contribution in [3.63, 3.8) is 0 Å². The number of halogens is 1. The van der Waals surface area contributed by atoms with E-state index in [9.17, 15) is 4.79 Å². The molecule has 1 atom stereocenters. The molecule has 0 radical (unpaired) electrons. The van der Waals surface area contributed by atoms with Gasteiger partial charge < -0.3 is 20.1 Å². The second-order valence-corrected chi connectivity index (χ2v) is 7.61. The third-order valence-electron chi connectivity index (χ3n) is 5.87. The van der Waals surface area contributed by atoms with Gasteiger partial charge in [0, 0.05) is 45.1 Å². The number of nitrogens with zero attached hydrogens (tertiary/aromatic N) is 5. The minimum atomic E-state index is 0. The van der Waals surface area contributed by atoms with Gasteiger partial charge in [-0.15, -0.1) is 34.2 Å². The maximum Gasteiger partial charge on any atom is 0.225 e. The molecule has 0 bridgehead atoms. The highest BCUT2D eigenvalue weighted by atomic mass is 127. The first-order valence-corrected chi connectivity index (χ1v) is 9.91. The Balaban J connectivity index is 0.00000210. The second-order valence-electron chi connectivity index (χ2n) is 7.61. The zero-order valence-corrected chi connectivity index (χ0v) is 18.3. The van der Waals surface area contributed by atoms with Crippen molar-refractivity contribution in [1.82, 2.24) is 30.3 Å². The topological polar surface area (TPSA) is 87.4 Å². The Bertz CT molecular complexity index is 683. The van der Waals surface area contributed by atoms with E-state index in [4.69, 9.17) is 0 Å². The van der Waals surface area contributed by atoms with Crippen molar-refractivity contribution in [3.05, 3.63) is 11.6 Å². The number of guanidine groups is 1. The van der Waals surface area contributed by atoms with Crippen LogP contribution in [-0.4, -0.2) is 57.7 Å². The van der Waals surface area contributed by atoms with Crippen LogP contribution in [0.4, 0.5) is 0 Å². The quantitative estimate of drug-likeness (QED) is 0.380. The van der Waals surface area contributed by atoms with Crippen molar-refractivity contribution in [2.75, 3.05) is 20.1 Å². The fraction of sp³-hybridized carbons (Fsp3) is 0.778. The smallest absolute Gasteiger partial charge is 0.225 e. The number of hydrogen-bond donors (Lipinski definition) is 2. The molecule has 1 unspecified atom stereocenters. The van der Waals surface area contributed by atoms with Gasteiger partial charge in [0.05, 0.1) is 6.54 Å². The van der Waals surface area contributed by atoms with Crippen molar-refractivity contribution < 1.29 is 4.79 Å². The third-order valence-corrected chi connectivity index (χ3v) is 5.87. The molecule has 0 spiro atoms. The van der Waals surface area contributed by atoms with Crippen LogP contribution in [0.15, 0.2) is 4.99 Å². The molecule has 2 N–H and O–H groups in total. The van der Waals surface area contributed by atoms with E-state index in [1.165, 1.54) is 12.8 Å². The van der Waals surface area contributed by atoms with Gasteiger partial charge in [0.25, 0.3) is 0 Å². The average Bonchev–Trinajstić information content (AvgIpc) is 3.43. The summed E-state index contributed by atoms with van der Waals surface area (Å²) in [5.41, 5.74) is 0. The zero-order chi connectivity index (χ0) is 17.9. The Morgan fingerprint density at radius 1 is 1.19 bits per heavy atom. The zero-order valence-electron chi connectivity index (χ0n) is 16.0. The molecule has 1 saturated heterocycles. The summed E-state index contributed by atoms with van der Waals surface area (Å²) in [6, 6.07) is 0.260. The van der Waals surface area contributed by atoms with Crippen LogP contribution in [0.1, 0.15) is 50.2 Å². The SMILES string of the molecule is CN=C(NCc1nnc2n1CCC2)NC1CCN(C(=O)C2CCCC2)C1.I. The lowest BCUT2D eigenvalue weighted by Gasteiger charge is -2.21. The molecule has 8 nitrogen and oxygen atoms in total. The van der Waals surface area contributed by atoms with Crippen LogP contribution in [0.2, 0.25) is 0 Å². The van der Waals surface area contributed by atoms with E-state index in [-0.39, 0.29) is 35.9 Å². The van der Waals surface area contributed by atoms with E-state index in [1.54, 1.807) is 7.05 Å². The summed E-state index contributed by atoms with van der Waals surface area (Å²) in [5, 5.41) is 15.3. The summed E-state index contributed by atoms with van der Waals surface area (Å²) in [6.45, 7) is 3.24. The lowest BCUT2D eigenvalue weighted by atomic mass is 10.1. The molecule has 150 valence electrons. The summed E-state index contributed by atoms with van der Waals surface area (Å²) in [4.78, 5) is 18.9. The number of carbonyl (C=O) groups is 1. The number of amides is 1. The van der Waals surface area contributed by atoms with E-state index in [0.29, 0.717) is 12.5 Å². The van der Waals surface area contributed by atoms with Gasteiger partial charge in [0.15, 0.2) is 11.8 Å². The Kier molecular flexibility index (Phi) is 6.93. The highest BCUT2D eigenvalue weighted by Gasteiger charge is 2.32. The fourth-order valence-electron chi connectivity index (χ4n) is 4.40. The van der Waals surface area contributed by atoms with Crippen molar-refractivity contribution in [2.24, 2.45) is 10.9 Å². The maximum atomic E-state index is 12.6. The number of carbonyl (C=O) groups excluding carboxylic acids is 1. The van der Waals surface area contributed by atoms with Crippen LogP contribution in [0, 0.1) is 5.92 Å². The van der Waals surface area contributed by atoms with Gasteiger partial charge in [-0.25, -0.2) is 0 Å². The molecule has 1 saturated carbocycles. The molecule has 2 fully saturated rings. The van der Waals surface area contributed by atoms with Gasteiger partial charge in [-0.05, 0) is 25.7 Å². The molecule has 3 aliphatic rings. The molecular formula is C18H30IN7O. The molecule has 1 aromatic rings. The van der Waals surface area contributed by atoms with Gasteiger partial charge in [-0.2, -0.15) is 0 Å². The Hall–Kier alpha value is -1.39. The summed E-state index contributed by atoms with van der Waals surface area (Å²) in [7, 11) is 1.78. The Morgan fingerprint density at radius 2 is 2.00 bits per heavy atom. The standard InChI is InChI=1S/C18H29N7O.HI/c1-19-18(20-11-16-23-22-15-7-4-9-25(15)16)21-14-8-10-24(12-14)17(26)13-5-2-3-6-13;/h13-14H,2-12H2,1H3,(H2,19,20,21);1H. The molecule has 4 rings (SSSR count). The van der Waals surface area contributed by atoms with Crippen LogP contribution in [-0.2, 0) is 24.3 Å². The van der Waals surface area contributed by atoms with Crippen LogP contribution in [0.3, 0.4) is 0 Å². The minimum Gasteiger partial charge on any atom is -0.352 e. The Labute approximate surface area is 177 Å². The minimum absolute atomic E-state index is 0. The number of nitrogens with one attached hydrogen (secondary N) is 2. The number of rotatable bonds is 4. The molecule has 1 amide bonds. The maximum absolute atomic E-state index is 12.6. The summed E-state index contributed by atoms with van der Waals surface area (Å²) >= 11 is 0. The summed E-state index contributed by atoms with van der Waals surface area (Å²) < 4.78 is 2.19. The number of likely N-dealkylation sites (tertiary alicyclic amines) is 1. The fourth-order valence-corrected chi connectivity index (χ4v) is 4.40. The number of aliphatic imine (C=N–C) groups is 1. The van der Waals surface area contributed by atoms with E-state index in [1.807, 2.05) is 4.90 Å². The van der Waals surface area contributed by atoms with Gasteiger partial charge in [0.2, 0.25) is 5.91 Å². The largest absolute Gasteiger partial charge is 0.352 e. The van der Waals surface area contributed by atoms with Crippen LogP contribution >= 0.6 is 24.0 Å². The summed E-state index contributed by atoms with van der Waals surface area (Å²) in [5.74, 6) is 3.43. The first-order chi connectivity index (χ1) is 12.7. The van der Waals surface area contributed by atoms with Crippen LogP contribution in [0.5, 0.6) is 0 Å². The highest BCUT2D eigenvalue weighted by Crippen LogP contribution is 2.27. The predicted molar refractivity (Wildman–Crippen MR) is 114 cm³/mol. The number of hydrogen-bond acceptors (Lipinski definition) is 4. The predicted octanol–water partition coefficient (Wildman–Crippen LogP) is 1.30. The van der Waals surface area contributed by atoms with Crippen molar-refractivity contribution in [3.8, 4) is 0 Å². The molecule has 0 aromatic carbocycles. The van der Waals surface area contributed by atoms with Crippen molar-refractivity contribution in [1.29, 1.82) is 0 Å². The first kappa shape index (κ1) is 20.3. The van der Waals surface area contributed by atoms with Crippen LogP contribution < -0.4 is 10.6 Å². The average molecular weight is 487 g/mol. The normalized spacial score (nSPS) is 22.6. The van der Waals surface area contributed by atoms with E-state index < -0.39 is 0 Å². The highest BCUT2D eigenvalue weighted by molar-refractivity contribution is 14.0. The molecule has 1 aliphatic carbocycles. The lowest BCUT2D eigenvalue weighted by molar-refractivity contribution is -0.134. The second kappa shape index (κ2) is 9.20. The van der Waals surface area contributed by atoms with E-state index in [2.05, 4.69) is 30.4 Å². The number of fused-ring (bicyclic) bond motifs is 1.